The molecule has 2 N–H and O–H groups in total. The van der Waals surface area contributed by atoms with Crippen LogP contribution in [0.2, 0.25) is 0 Å². The van der Waals surface area contributed by atoms with E-state index in [0.717, 1.165) is 0 Å². The van der Waals surface area contributed by atoms with E-state index >= 15 is 0 Å². The molecule has 0 unspecified atom stereocenters. The van der Waals surface area contributed by atoms with Gasteiger partial charge in [0.25, 0.3) is 0 Å². The van der Waals surface area contributed by atoms with Crippen LogP contribution in [-0.4, -0.2) is 66.2 Å². The van der Waals surface area contributed by atoms with Crippen molar-refractivity contribution in [1.82, 2.24) is 4.13 Å². The van der Waals surface area contributed by atoms with Crippen LogP contribution in [0.15, 0.2) is 0 Å². The monoisotopic (exact) mass is 1040 g/mol. The summed E-state index contributed by atoms with van der Waals surface area (Å²) in [5, 5.41) is -4.19. The van der Waals surface area contributed by atoms with Gasteiger partial charge in [-0.3, -0.25) is 0 Å². The molecule has 14 nitrogen and oxygen atoms in total. The van der Waals surface area contributed by atoms with Crippen molar-refractivity contribution >= 4 is 124 Å². The Morgan fingerprint density at radius 1 is 0.439 bits per heavy atom. The van der Waals surface area contributed by atoms with Gasteiger partial charge in [0.05, 0.1) is 0 Å². The van der Waals surface area contributed by atoms with Crippen LogP contribution in [0.25, 0.3) is 0 Å². The fourth-order valence-corrected chi connectivity index (χ4v) is 4.10. The quantitative estimate of drug-likeness (QED) is 0.0737. The van der Waals surface area contributed by atoms with Gasteiger partial charge in [0, 0.05) is 0 Å². The molecule has 0 rings (SSSR count). The van der Waals surface area contributed by atoms with Crippen LogP contribution in [0.1, 0.15) is 0 Å². The molecule has 0 saturated carbocycles. The minimum Gasteiger partial charge on any atom is -1.00 e. The number of hydrogen-bond donors (Lipinski definition) is 3. The molecule has 0 amide bonds. The smallest absolute Gasteiger partial charge is 1.00 e. The van der Waals surface area contributed by atoms with Gasteiger partial charge in [-0.15, -0.1) is 35.1 Å². The summed E-state index contributed by atoms with van der Waals surface area (Å²) in [7, 11) is -25.0. The number of hydrogen-bond acceptors (Lipinski definition) is 15. The van der Waals surface area contributed by atoms with Crippen LogP contribution in [0.5, 0.6) is 0 Å². The molecule has 0 aromatic rings. The molecule has 0 aliphatic rings. The Balaban J connectivity index is -0.0000000160. The summed E-state index contributed by atoms with van der Waals surface area (Å²) >= 11 is 3.69. The molecule has 0 atom stereocenters. The predicted molar refractivity (Wildman–Crippen MR) is 121 cm³/mol. The third-order valence-electron chi connectivity index (χ3n) is 0.762. The number of halogens is 11. The van der Waals surface area contributed by atoms with E-state index in [4.69, 9.17) is 0 Å². The van der Waals surface area contributed by atoms with Gasteiger partial charge < -0.3 is 19.6 Å². The average molecular weight is 1040 g/mol. The number of rotatable bonds is 6. The standard InChI is InChI=1S/2CH2F2O4S2.F2HNO4S2.3FH.2HIS.2K.4Li.H2O/c2*2-8(4,5)1-9(3,6)7;1-8(4,5)3-9(2,6)7;;;;2*1-2;;;;;;;/h2*1H2;3H;3*1H;2*2H;;;;;;;1H2/q;;;;;;;;6*+1;/p-4. The van der Waals surface area contributed by atoms with Gasteiger partial charge in [0.1, 0.15) is 0 Å². The molecule has 0 radical (unpaired) electrons. The van der Waals surface area contributed by atoms with Crippen molar-refractivity contribution in [2.45, 2.75) is 0 Å². The first kappa shape index (κ1) is 97.3. The Labute approximate surface area is 400 Å². The maximum atomic E-state index is 11.2. The molecule has 0 spiro atoms. The Morgan fingerprint density at radius 2 is 0.537 bits per heavy atom. The van der Waals surface area contributed by atoms with E-state index in [9.17, 15) is 73.8 Å². The zero-order chi connectivity index (χ0) is 27.1. The zero-order valence-corrected chi connectivity index (χ0v) is 38.0. The summed E-state index contributed by atoms with van der Waals surface area (Å²) in [6, 6.07) is 0. The maximum Gasteiger partial charge on any atom is 1.00 e. The van der Waals surface area contributed by atoms with E-state index in [2.05, 4.69) is 19.6 Å². The minimum absolute atomic E-state index is 0. The first-order valence-corrected chi connectivity index (χ1v) is 20.3. The van der Waals surface area contributed by atoms with E-state index in [1.165, 1.54) is 0 Å². The number of thiol groups is 2. The van der Waals surface area contributed by atoms with Gasteiger partial charge >= 0.3 is 240 Å². The second-order valence-corrected chi connectivity index (χ2v) is 12.0. The summed E-state index contributed by atoms with van der Waals surface area (Å²) in [6.07, 6.45) is 0. The van der Waals surface area contributed by atoms with Crippen LogP contribution >= 0.6 is 62.0 Å². The molecule has 0 heterocycles. The predicted octanol–water partition coefficient (Wildman–Crippen LogP) is -26.5. The van der Waals surface area contributed by atoms with Crippen LogP contribution in [-0.2, 0) is 61.7 Å². The Morgan fingerprint density at radius 3 is 0.537 bits per heavy atom. The van der Waals surface area contributed by atoms with E-state index < -0.39 is 71.9 Å². The normalized spacial score (nSPS) is 9.22. The Hall–Kier alpha value is 6.81. The second-order valence-electron chi connectivity index (χ2n) is 3.35. The molecular weight excluding hydrogens is 1030 g/mol. The van der Waals surface area contributed by atoms with Crippen molar-refractivity contribution in [2.24, 2.45) is 0 Å². The molecule has 0 aliphatic heterocycles. The van der Waals surface area contributed by atoms with Crippen LogP contribution in [0, 0.1) is 0 Å². The van der Waals surface area contributed by atoms with Gasteiger partial charge in [-0.05, 0) is 42.4 Å². The van der Waals surface area contributed by atoms with E-state index in [1.807, 2.05) is 42.4 Å². The molecule has 41 heavy (non-hydrogen) atoms. The topological polar surface area (TPSA) is 247 Å². The molecule has 0 bridgehead atoms. The largest absolute Gasteiger partial charge is 1.00 e. The van der Waals surface area contributed by atoms with Crippen LogP contribution in [0.4, 0.5) is 23.3 Å². The summed E-state index contributed by atoms with van der Waals surface area (Å²) in [5.41, 5.74) is 0. The maximum absolute atomic E-state index is 11.2. The Bertz CT molecular complexity index is 928. The molecular formula is C2H8F9I2K2Li4NO13S8+2. The fraction of sp³-hybridized carbons (Fsp3) is 1.00. The second kappa shape index (κ2) is 46.8. The zero-order valence-electron chi connectivity index (χ0n) is 20.8. The van der Waals surface area contributed by atoms with Gasteiger partial charge in [-0.1, -0.05) is 11.9 Å². The summed E-state index contributed by atoms with van der Waals surface area (Å²) in [4.78, 5) is 0. The van der Waals surface area contributed by atoms with E-state index in [0.29, 0.717) is 0 Å². The third-order valence-corrected chi connectivity index (χ3v) is 6.86. The molecule has 0 aromatic carbocycles. The van der Waals surface area contributed by atoms with Crippen LogP contribution in [0.3, 0.4) is 0 Å². The van der Waals surface area contributed by atoms with E-state index in [-0.39, 0.29) is 202 Å². The molecule has 0 fully saturated rings. The molecule has 39 heteroatoms. The van der Waals surface area contributed by atoms with Gasteiger partial charge in [0.2, 0.25) is 10.2 Å². The molecule has 228 valence electrons. The average Bonchev–Trinajstić information content (AvgIpc) is 2.31. The van der Waals surface area contributed by atoms with Gasteiger partial charge in [-0.25, -0.2) is 0 Å². The fourth-order valence-electron chi connectivity index (χ4n) is 0.455. The van der Waals surface area contributed by atoms with E-state index in [1.54, 1.807) is 0 Å². The third kappa shape index (κ3) is 153. The van der Waals surface area contributed by atoms with Crippen molar-refractivity contribution in [3.63, 3.8) is 0 Å². The van der Waals surface area contributed by atoms with Crippen molar-refractivity contribution in [3.8, 4) is 0 Å². The molecule has 0 saturated heterocycles. The van der Waals surface area contributed by atoms with Gasteiger partial charge in [0.15, 0.2) is 0 Å². The Kier molecular flexibility index (Phi) is 111. The molecule has 0 aromatic heterocycles. The van der Waals surface area contributed by atoms with Crippen molar-refractivity contribution in [1.29, 1.82) is 0 Å². The van der Waals surface area contributed by atoms with Gasteiger partial charge in [-0.2, -0.15) is 50.5 Å². The number of nitrogens with one attached hydrogen (secondary N) is 1. The molecule has 0 aliphatic carbocycles. The SMILES string of the molecule is O=S(=O)(F)CS(=O)(=O)F.O=S(=O)(F)CS(=O)(=O)F.O=S(=O)(F)NS(=O)(=O)F.SI.SI.[F-].[F-].[F-].[K+].[K+].[Li+].[Li+].[Li+].[Li+].[OH-]. The minimum atomic E-state index is -5.49. The first-order valence-electron chi connectivity index (χ1n) is 4.83. The first-order chi connectivity index (χ1) is 13.1. The summed E-state index contributed by atoms with van der Waals surface area (Å²) in [5.74, 6) is 0. The summed E-state index contributed by atoms with van der Waals surface area (Å²) < 4.78 is 179. The van der Waals surface area contributed by atoms with Crippen molar-refractivity contribution < 1.29 is 272 Å². The van der Waals surface area contributed by atoms with Crippen LogP contribution < -0.4 is 196 Å². The van der Waals surface area contributed by atoms with Crippen molar-refractivity contribution in [2.75, 3.05) is 10.2 Å². The van der Waals surface area contributed by atoms with Crippen molar-refractivity contribution in [3.05, 3.63) is 0 Å². The summed E-state index contributed by atoms with van der Waals surface area (Å²) in [6.45, 7) is 0.